The summed E-state index contributed by atoms with van der Waals surface area (Å²) in [5, 5.41) is 14.4. The van der Waals surface area contributed by atoms with Crippen LogP contribution >= 0.6 is 15.9 Å². The molecule has 2 amide bonds. The summed E-state index contributed by atoms with van der Waals surface area (Å²) in [5.74, 6) is -0.220. The van der Waals surface area contributed by atoms with E-state index in [1.807, 2.05) is 6.07 Å². The second-order valence-corrected chi connectivity index (χ2v) is 7.44. The second kappa shape index (κ2) is 10.5. The van der Waals surface area contributed by atoms with E-state index < -0.39 is 11.8 Å². The monoisotopic (exact) mass is 510 g/mol. The number of benzene rings is 2. The molecule has 1 aromatic heterocycles. The number of nitrogens with zero attached hydrogens (tertiary/aromatic N) is 2. The van der Waals surface area contributed by atoms with Gasteiger partial charge in [-0.1, -0.05) is 0 Å². The van der Waals surface area contributed by atoms with Crippen molar-refractivity contribution >= 4 is 39.2 Å². The predicted octanol–water partition coefficient (Wildman–Crippen LogP) is 4.25. The third-order valence-electron chi connectivity index (χ3n) is 4.56. The van der Waals surface area contributed by atoms with Gasteiger partial charge in [0.2, 0.25) is 5.75 Å². The van der Waals surface area contributed by atoms with Crippen LogP contribution < -0.4 is 24.8 Å². The van der Waals surface area contributed by atoms with Gasteiger partial charge in [0.1, 0.15) is 11.5 Å². The summed E-state index contributed by atoms with van der Waals surface area (Å²) in [6.45, 7) is 0. The van der Waals surface area contributed by atoms with Crippen molar-refractivity contribution in [3.05, 3.63) is 69.8 Å². The van der Waals surface area contributed by atoms with Crippen molar-refractivity contribution in [2.45, 2.75) is 0 Å². The van der Waals surface area contributed by atoms with Crippen molar-refractivity contribution in [2.24, 2.45) is 0 Å². The van der Waals surface area contributed by atoms with Gasteiger partial charge < -0.3 is 24.8 Å². The van der Waals surface area contributed by atoms with E-state index in [0.717, 1.165) is 4.47 Å². The van der Waals surface area contributed by atoms with E-state index >= 15 is 0 Å². The molecule has 0 fully saturated rings. The van der Waals surface area contributed by atoms with Crippen molar-refractivity contribution in [3.8, 4) is 23.3 Å². The number of pyridine rings is 1. The molecule has 0 unspecified atom stereocenters. The van der Waals surface area contributed by atoms with Gasteiger partial charge in [0.25, 0.3) is 11.8 Å². The number of methoxy groups -OCH3 is 3. The minimum Gasteiger partial charge on any atom is -0.493 e. The summed E-state index contributed by atoms with van der Waals surface area (Å²) in [7, 11) is 4.22. The van der Waals surface area contributed by atoms with Gasteiger partial charge in [0.15, 0.2) is 11.5 Å². The average molecular weight is 511 g/mol. The molecule has 0 aliphatic rings. The number of hydrogen-bond acceptors (Lipinski definition) is 7. The molecular weight excluding hydrogens is 492 g/mol. The highest BCUT2D eigenvalue weighted by molar-refractivity contribution is 9.10. The molecule has 168 valence electrons. The Hall–Kier alpha value is -4.10. The SMILES string of the molecule is COc1cc(C(=O)Nc2ccc(Br)cn2)c(NC(=O)c2ccc(C#N)cc2)c(OC)c1OC. The van der Waals surface area contributed by atoms with Gasteiger partial charge in [-0.2, -0.15) is 5.26 Å². The molecule has 0 saturated carbocycles. The molecule has 3 rings (SSSR count). The lowest BCUT2D eigenvalue weighted by molar-refractivity contribution is 0.102. The van der Waals surface area contributed by atoms with E-state index in [9.17, 15) is 9.59 Å². The molecule has 0 bridgehead atoms. The van der Waals surface area contributed by atoms with Crippen molar-refractivity contribution in [1.29, 1.82) is 5.26 Å². The van der Waals surface area contributed by atoms with Gasteiger partial charge in [-0.25, -0.2) is 4.98 Å². The van der Waals surface area contributed by atoms with Crippen molar-refractivity contribution in [1.82, 2.24) is 4.98 Å². The fraction of sp³-hybridized carbons (Fsp3) is 0.130. The topological polar surface area (TPSA) is 123 Å². The van der Waals surface area contributed by atoms with E-state index in [1.165, 1.54) is 51.7 Å². The zero-order valence-electron chi connectivity index (χ0n) is 17.9. The number of rotatable bonds is 7. The number of nitrogens with one attached hydrogen (secondary N) is 2. The molecule has 1 heterocycles. The second-order valence-electron chi connectivity index (χ2n) is 6.53. The fourth-order valence-electron chi connectivity index (χ4n) is 2.97. The standard InChI is InChI=1S/C23H19BrN4O5/c1-31-17-10-16(23(30)27-18-9-8-15(24)12-26-18)19(21(33-3)20(17)32-2)28-22(29)14-6-4-13(11-25)5-7-14/h4-10,12H,1-3H3,(H,28,29)(H,26,27,30). The third-order valence-corrected chi connectivity index (χ3v) is 5.03. The lowest BCUT2D eigenvalue weighted by atomic mass is 10.1. The van der Waals surface area contributed by atoms with Crippen LogP contribution in [0.1, 0.15) is 26.3 Å². The molecule has 0 saturated heterocycles. The Morgan fingerprint density at radius 3 is 2.18 bits per heavy atom. The normalized spacial score (nSPS) is 10.0. The summed E-state index contributed by atoms with van der Waals surface area (Å²) < 4.78 is 17.0. The first-order valence-electron chi connectivity index (χ1n) is 9.49. The largest absolute Gasteiger partial charge is 0.493 e. The van der Waals surface area contributed by atoms with E-state index in [1.54, 1.807) is 18.3 Å². The molecule has 33 heavy (non-hydrogen) atoms. The lowest BCUT2D eigenvalue weighted by Crippen LogP contribution is -2.20. The smallest absolute Gasteiger partial charge is 0.259 e. The fourth-order valence-corrected chi connectivity index (χ4v) is 3.21. The average Bonchev–Trinajstić information content (AvgIpc) is 2.84. The molecule has 0 aliphatic carbocycles. The zero-order valence-corrected chi connectivity index (χ0v) is 19.5. The van der Waals surface area contributed by atoms with Gasteiger partial charge in [-0.15, -0.1) is 0 Å². The third kappa shape index (κ3) is 5.22. The van der Waals surface area contributed by atoms with Crippen LogP contribution in [0.15, 0.2) is 53.1 Å². The minimum atomic E-state index is -0.556. The van der Waals surface area contributed by atoms with Crippen LogP contribution in [-0.4, -0.2) is 38.1 Å². The van der Waals surface area contributed by atoms with E-state index in [-0.39, 0.29) is 34.1 Å². The molecule has 0 atom stereocenters. The molecule has 0 aliphatic heterocycles. The lowest BCUT2D eigenvalue weighted by Gasteiger charge is -2.20. The number of carbonyl (C=O) groups is 2. The Bertz CT molecular complexity index is 1220. The first-order chi connectivity index (χ1) is 15.9. The number of hydrogen-bond donors (Lipinski definition) is 2. The Morgan fingerprint density at radius 1 is 0.939 bits per heavy atom. The van der Waals surface area contributed by atoms with Crippen molar-refractivity contribution in [2.75, 3.05) is 32.0 Å². The number of aromatic nitrogens is 1. The van der Waals surface area contributed by atoms with Gasteiger partial charge in [-0.05, 0) is 58.4 Å². The Morgan fingerprint density at radius 2 is 1.64 bits per heavy atom. The number of ether oxygens (including phenoxy) is 3. The molecule has 0 radical (unpaired) electrons. The van der Waals surface area contributed by atoms with E-state index in [0.29, 0.717) is 11.4 Å². The minimum absolute atomic E-state index is 0.0659. The maximum Gasteiger partial charge on any atom is 0.259 e. The Balaban J connectivity index is 2.06. The number of amides is 2. The molecule has 2 N–H and O–H groups in total. The molecule has 2 aromatic carbocycles. The molecular formula is C23H19BrN4O5. The number of carbonyl (C=O) groups excluding carboxylic acids is 2. The van der Waals surface area contributed by atoms with Crippen LogP contribution in [0.3, 0.4) is 0 Å². The van der Waals surface area contributed by atoms with Gasteiger partial charge >= 0.3 is 0 Å². The van der Waals surface area contributed by atoms with Gasteiger partial charge in [0, 0.05) is 16.2 Å². The number of halogens is 1. The first-order valence-corrected chi connectivity index (χ1v) is 10.3. The molecule has 0 spiro atoms. The molecule has 3 aromatic rings. The predicted molar refractivity (Wildman–Crippen MR) is 125 cm³/mol. The first kappa shape index (κ1) is 23.6. The summed E-state index contributed by atoms with van der Waals surface area (Å²) in [4.78, 5) is 30.2. The van der Waals surface area contributed by atoms with Crippen LogP contribution in [-0.2, 0) is 0 Å². The highest BCUT2D eigenvalue weighted by Gasteiger charge is 2.26. The Kier molecular flexibility index (Phi) is 7.48. The molecule has 9 nitrogen and oxygen atoms in total. The summed E-state index contributed by atoms with van der Waals surface area (Å²) in [5.41, 5.74) is 0.847. The highest BCUT2D eigenvalue weighted by atomic mass is 79.9. The van der Waals surface area contributed by atoms with Crippen LogP contribution in [0, 0.1) is 11.3 Å². The van der Waals surface area contributed by atoms with Crippen molar-refractivity contribution in [3.63, 3.8) is 0 Å². The summed E-state index contributed by atoms with van der Waals surface area (Å²) in [6.07, 6.45) is 1.54. The van der Waals surface area contributed by atoms with Crippen LogP contribution in [0.5, 0.6) is 17.2 Å². The molecule has 10 heteroatoms. The highest BCUT2D eigenvalue weighted by Crippen LogP contribution is 2.45. The Labute approximate surface area is 198 Å². The zero-order chi connectivity index (χ0) is 24.0. The van der Waals surface area contributed by atoms with E-state index in [2.05, 4.69) is 31.5 Å². The quantitative estimate of drug-likeness (QED) is 0.486. The van der Waals surface area contributed by atoms with Crippen molar-refractivity contribution < 1.29 is 23.8 Å². The van der Waals surface area contributed by atoms with Gasteiger partial charge in [-0.3, -0.25) is 9.59 Å². The maximum atomic E-state index is 13.2. The number of nitriles is 1. The maximum absolute atomic E-state index is 13.2. The van der Waals surface area contributed by atoms with Crippen LogP contribution in [0.4, 0.5) is 11.5 Å². The van der Waals surface area contributed by atoms with Gasteiger partial charge in [0.05, 0.1) is 38.5 Å². The summed E-state index contributed by atoms with van der Waals surface area (Å²) in [6, 6.07) is 12.8. The number of anilines is 2. The van der Waals surface area contributed by atoms with Crippen LogP contribution in [0.2, 0.25) is 0 Å². The van der Waals surface area contributed by atoms with Crippen LogP contribution in [0.25, 0.3) is 0 Å². The summed E-state index contributed by atoms with van der Waals surface area (Å²) >= 11 is 3.29. The van der Waals surface area contributed by atoms with E-state index in [4.69, 9.17) is 19.5 Å².